The summed E-state index contributed by atoms with van der Waals surface area (Å²) < 4.78 is 8.99. The van der Waals surface area contributed by atoms with E-state index in [-0.39, 0.29) is 17.3 Å². The summed E-state index contributed by atoms with van der Waals surface area (Å²) in [6.45, 7) is 8.24. The number of esters is 1. The van der Waals surface area contributed by atoms with Gasteiger partial charge in [-0.1, -0.05) is 11.4 Å². The number of Topliss-reactive ketones (excluding diaryl/α,β-unsaturated/α-hetero) is 2. The van der Waals surface area contributed by atoms with Gasteiger partial charge in [-0.05, 0) is 51.2 Å². The normalized spacial score (nSPS) is 12.0. The van der Waals surface area contributed by atoms with Crippen LogP contribution in [-0.2, 0) is 11.2 Å². The van der Waals surface area contributed by atoms with Gasteiger partial charge in [0.2, 0.25) is 5.78 Å². The molecule has 8 heteroatoms. The molecule has 0 aliphatic heterocycles. The van der Waals surface area contributed by atoms with Gasteiger partial charge in [-0.15, -0.1) is 5.10 Å². The van der Waals surface area contributed by atoms with Crippen molar-refractivity contribution in [2.75, 3.05) is 0 Å². The maximum absolute atomic E-state index is 12.6. The Morgan fingerprint density at radius 1 is 1.29 bits per heavy atom. The summed E-state index contributed by atoms with van der Waals surface area (Å²) in [6, 6.07) is 0. The van der Waals surface area contributed by atoms with E-state index in [1.165, 1.54) is 13.8 Å². The highest BCUT2D eigenvalue weighted by Crippen LogP contribution is 2.21. The molecule has 0 aliphatic rings. The monoisotopic (exact) mass is 349 g/mol. The van der Waals surface area contributed by atoms with Crippen molar-refractivity contribution in [3.63, 3.8) is 0 Å². The molecule has 0 fully saturated rings. The Morgan fingerprint density at radius 3 is 2.50 bits per heavy atom. The number of nitrogens with one attached hydrogen (secondary N) is 1. The summed E-state index contributed by atoms with van der Waals surface area (Å²) in [4.78, 5) is 39.6. The van der Waals surface area contributed by atoms with Crippen LogP contribution in [0.1, 0.15) is 68.2 Å². The number of nitrogens with zero attached hydrogens (tertiary/aromatic N) is 2. The Kier molecular flexibility index (Phi) is 5.28. The number of ether oxygens (including phenoxy) is 1. The molecule has 2 rings (SSSR count). The lowest BCUT2D eigenvalue weighted by Crippen LogP contribution is -2.25. The van der Waals surface area contributed by atoms with Gasteiger partial charge in [-0.2, -0.15) is 0 Å². The molecule has 0 saturated heterocycles. The van der Waals surface area contributed by atoms with E-state index in [1.807, 2.05) is 6.92 Å². The van der Waals surface area contributed by atoms with Gasteiger partial charge in [0.1, 0.15) is 0 Å². The van der Waals surface area contributed by atoms with Crippen molar-refractivity contribution in [2.24, 2.45) is 0 Å². The average Bonchev–Trinajstić information content (AvgIpc) is 3.10. The van der Waals surface area contributed by atoms with E-state index in [0.717, 1.165) is 11.5 Å². The summed E-state index contributed by atoms with van der Waals surface area (Å²) in [5, 5.41) is 3.85. The van der Waals surface area contributed by atoms with Crippen molar-refractivity contribution in [1.29, 1.82) is 0 Å². The van der Waals surface area contributed by atoms with Crippen molar-refractivity contribution in [2.45, 2.75) is 47.1 Å². The minimum atomic E-state index is -0.985. The summed E-state index contributed by atoms with van der Waals surface area (Å²) in [5.74, 6) is -1.12. The van der Waals surface area contributed by atoms with E-state index in [0.29, 0.717) is 33.8 Å². The zero-order valence-electron chi connectivity index (χ0n) is 14.2. The maximum atomic E-state index is 12.6. The van der Waals surface area contributed by atoms with Crippen molar-refractivity contribution in [1.82, 2.24) is 14.6 Å². The molecule has 0 amide bonds. The second kappa shape index (κ2) is 7.04. The molecular weight excluding hydrogens is 330 g/mol. The number of aryl methyl sites for hydroxylation is 2. The lowest BCUT2D eigenvalue weighted by atomic mass is 10.0. The molecule has 0 aliphatic carbocycles. The quantitative estimate of drug-likeness (QED) is 0.635. The number of aromatic nitrogens is 3. The fourth-order valence-corrected chi connectivity index (χ4v) is 3.22. The first-order valence-electron chi connectivity index (χ1n) is 7.54. The predicted molar refractivity (Wildman–Crippen MR) is 88.8 cm³/mol. The van der Waals surface area contributed by atoms with Crippen LogP contribution in [0.25, 0.3) is 0 Å². The number of carbonyl (C=O) groups is 3. The number of ketones is 2. The SMILES string of the molecule is CCc1nnsc1C(=O)O[C@@H](C)C(=O)c1[nH]c(C)c(C(C)=O)c1C. The van der Waals surface area contributed by atoms with E-state index in [4.69, 9.17) is 4.74 Å². The molecule has 128 valence electrons. The molecule has 7 nitrogen and oxygen atoms in total. The van der Waals surface area contributed by atoms with Crippen LogP contribution in [0.3, 0.4) is 0 Å². The van der Waals surface area contributed by atoms with Gasteiger partial charge in [0, 0.05) is 11.3 Å². The van der Waals surface area contributed by atoms with Crippen LogP contribution in [0, 0.1) is 13.8 Å². The molecule has 2 aromatic rings. The molecule has 2 heterocycles. The summed E-state index contributed by atoms with van der Waals surface area (Å²) in [5.41, 5.74) is 2.53. The largest absolute Gasteiger partial charge is 0.450 e. The van der Waals surface area contributed by atoms with Gasteiger partial charge in [-0.25, -0.2) is 4.79 Å². The fourth-order valence-electron chi connectivity index (χ4n) is 2.59. The Hall–Kier alpha value is -2.35. The predicted octanol–water partition coefficient (Wildman–Crippen LogP) is 2.68. The highest BCUT2D eigenvalue weighted by atomic mass is 32.1. The first kappa shape index (κ1) is 18.0. The highest BCUT2D eigenvalue weighted by molar-refractivity contribution is 7.07. The molecule has 0 radical (unpaired) electrons. The standard InChI is InChI=1S/C16H19N3O4S/c1-6-11-15(24-19-18-11)16(22)23-10(5)14(21)13-7(2)12(9(4)20)8(3)17-13/h10,17H,6H2,1-5H3/t10-/m0/s1. The lowest BCUT2D eigenvalue weighted by molar-refractivity contribution is 0.0320. The van der Waals surface area contributed by atoms with Crippen LogP contribution in [-0.4, -0.2) is 38.2 Å². The molecular formula is C16H19N3O4S. The molecule has 0 saturated carbocycles. The lowest BCUT2D eigenvalue weighted by Gasteiger charge is -2.11. The van der Waals surface area contributed by atoms with Gasteiger partial charge in [0.15, 0.2) is 16.8 Å². The number of hydrogen-bond acceptors (Lipinski definition) is 7. The van der Waals surface area contributed by atoms with Crippen LogP contribution < -0.4 is 0 Å². The Morgan fingerprint density at radius 2 is 1.96 bits per heavy atom. The van der Waals surface area contributed by atoms with Crippen molar-refractivity contribution in [3.8, 4) is 0 Å². The van der Waals surface area contributed by atoms with E-state index < -0.39 is 12.1 Å². The van der Waals surface area contributed by atoms with E-state index >= 15 is 0 Å². The molecule has 0 spiro atoms. The number of aromatic amines is 1. The fraction of sp³-hybridized carbons (Fsp3) is 0.438. The van der Waals surface area contributed by atoms with E-state index in [1.54, 1.807) is 13.8 Å². The van der Waals surface area contributed by atoms with E-state index in [9.17, 15) is 14.4 Å². The zero-order valence-corrected chi connectivity index (χ0v) is 15.0. The summed E-state index contributed by atoms with van der Waals surface area (Å²) >= 11 is 0.946. The van der Waals surface area contributed by atoms with Crippen LogP contribution >= 0.6 is 11.5 Å². The second-order valence-corrected chi connectivity index (χ2v) is 6.25. The number of H-pyrrole nitrogens is 1. The van der Waals surface area contributed by atoms with Gasteiger partial charge in [-0.3, -0.25) is 9.59 Å². The third-order valence-electron chi connectivity index (χ3n) is 3.77. The minimum absolute atomic E-state index is 0.117. The van der Waals surface area contributed by atoms with Crippen LogP contribution in [0.4, 0.5) is 0 Å². The molecule has 2 aromatic heterocycles. The molecule has 1 N–H and O–H groups in total. The van der Waals surface area contributed by atoms with Gasteiger partial charge >= 0.3 is 5.97 Å². The van der Waals surface area contributed by atoms with Crippen LogP contribution in [0.2, 0.25) is 0 Å². The summed E-state index contributed by atoms with van der Waals surface area (Å²) in [6.07, 6.45) is -0.430. The Balaban J connectivity index is 2.20. The van der Waals surface area contributed by atoms with Gasteiger partial charge in [0.25, 0.3) is 0 Å². The number of rotatable bonds is 6. The summed E-state index contributed by atoms with van der Waals surface area (Å²) in [7, 11) is 0. The minimum Gasteiger partial charge on any atom is -0.450 e. The third-order valence-corrected chi connectivity index (χ3v) is 4.51. The van der Waals surface area contributed by atoms with Crippen LogP contribution in [0.15, 0.2) is 0 Å². The second-order valence-electron chi connectivity index (χ2n) is 5.50. The maximum Gasteiger partial charge on any atom is 0.352 e. The van der Waals surface area contributed by atoms with E-state index in [2.05, 4.69) is 14.6 Å². The molecule has 0 bridgehead atoms. The molecule has 24 heavy (non-hydrogen) atoms. The number of carbonyl (C=O) groups excluding carboxylic acids is 3. The smallest absolute Gasteiger partial charge is 0.352 e. The molecule has 0 aromatic carbocycles. The van der Waals surface area contributed by atoms with Crippen molar-refractivity contribution >= 4 is 29.1 Å². The first-order valence-corrected chi connectivity index (χ1v) is 8.31. The molecule has 1 atom stereocenters. The van der Waals surface area contributed by atoms with Gasteiger partial charge < -0.3 is 9.72 Å². The average molecular weight is 349 g/mol. The molecule has 0 unspecified atom stereocenters. The van der Waals surface area contributed by atoms with Crippen molar-refractivity contribution < 1.29 is 19.1 Å². The van der Waals surface area contributed by atoms with Crippen LogP contribution in [0.5, 0.6) is 0 Å². The third kappa shape index (κ3) is 3.28. The Bertz CT molecular complexity index is 806. The highest BCUT2D eigenvalue weighted by Gasteiger charge is 2.27. The topological polar surface area (TPSA) is 102 Å². The van der Waals surface area contributed by atoms with Gasteiger partial charge in [0.05, 0.1) is 11.4 Å². The first-order chi connectivity index (χ1) is 11.3. The van der Waals surface area contributed by atoms with Crippen molar-refractivity contribution in [3.05, 3.63) is 33.1 Å². The Labute approximate surface area is 143 Å². The number of hydrogen-bond donors (Lipinski definition) is 1. The zero-order chi connectivity index (χ0) is 18.0.